The monoisotopic (exact) mass is 413 g/mol. The van der Waals surface area contributed by atoms with Gasteiger partial charge in [0.25, 0.3) is 0 Å². The van der Waals surface area contributed by atoms with E-state index < -0.39 is 32.6 Å². The van der Waals surface area contributed by atoms with E-state index in [2.05, 4.69) is 9.71 Å². The maximum Gasteiger partial charge on any atom is 0.244 e. The number of para-hydroxylation sites is 2. The molecule has 0 amide bonds. The zero-order valence-corrected chi connectivity index (χ0v) is 16.2. The summed E-state index contributed by atoms with van der Waals surface area (Å²) < 4.78 is 57.6. The molecule has 1 atom stereocenters. The van der Waals surface area contributed by atoms with Gasteiger partial charge >= 0.3 is 0 Å². The Balaban J connectivity index is 1.84. The van der Waals surface area contributed by atoms with E-state index in [4.69, 9.17) is 0 Å². The molecule has 1 heterocycles. The van der Waals surface area contributed by atoms with Gasteiger partial charge in [0.05, 0.1) is 11.0 Å². The highest BCUT2D eigenvalue weighted by Crippen LogP contribution is 2.27. The first kappa shape index (κ1) is 19.2. The van der Waals surface area contributed by atoms with Gasteiger partial charge in [0, 0.05) is 13.1 Å². The van der Waals surface area contributed by atoms with Crippen LogP contribution < -0.4 is 4.72 Å². The minimum Gasteiger partial charge on any atom is -0.329 e. The van der Waals surface area contributed by atoms with Gasteiger partial charge in [-0.05, 0) is 29.8 Å². The molecule has 0 saturated carbocycles. The lowest BCUT2D eigenvalue weighted by Crippen LogP contribution is -2.31. The number of sulfonamides is 1. The zero-order valence-electron chi connectivity index (χ0n) is 15.4. The molecule has 1 aromatic heterocycles. The van der Waals surface area contributed by atoms with Crippen molar-refractivity contribution in [3.63, 3.8) is 0 Å². The fraction of sp³-hybridized carbons (Fsp3) is 0.0952. The fourth-order valence-corrected chi connectivity index (χ4v) is 4.49. The van der Waals surface area contributed by atoms with Crippen LogP contribution in [-0.2, 0) is 17.1 Å². The van der Waals surface area contributed by atoms with Crippen LogP contribution in [0.1, 0.15) is 17.4 Å². The summed E-state index contributed by atoms with van der Waals surface area (Å²) in [5.41, 5.74) is 2.17. The summed E-state index contributed by atoms with van der Waals surface area (Å²) in [4.78, 5) is 3.96. The van der Waals surface area contributed by atoms with Crippen molar-refractivity contribution in [1.82, 2.24) is 14.3 Å². The van der Waals surface area contributed by atoms with E-state index >= 15 is 0 Å². The van der Waals surface area contributed by atoms with E-state index in [1.807, 2.05) is 30.3 Å². The lowest BCUT2D eigenvalue weighted by molar-refractivity contribution is 0.535. The molecule has 148 valence electrons. The molecule has 0 saturated heterocycles. The number of aromatic nitrogens is 2. The summed E-state index contributed by atoms with van der Waals surface area (Å²) in [5.74, 6) is -1.56. The van der Waals surface area contributed by atoms with E-state index in [-0.39, 0.29) is 0 Å². The number of hydrogen-bond acceptors (Lipinski definition) is 3. The molecule has 5 nitrogen and oxygen atoms in total. The Kier molecular flexibility index (Phi) is 4.89. The highest BCUT2D eigenvalue weighted by molar-refractivity contribution is 7.89. The standard InChI is InChI=1S/C21H17F2N3O2S/c1-26-18-10-6-5-9-17(18)24-21(26)20(14-7-3-2-4-8-14)25-29(27,28)19-12-11-15(22)13-16(19)23/h2-13,20,25H,1H3. The molecule has 1 N–H and O–H groups in total. The molecule has 0 bridgehead atoms. The van der Waals surface area contributed by atoms with Gasteiger partial charge in [0.15, 0.2) is 0 Å². The minimum absolute atomic E-state index is 0.448. The SMILES string of the molecule is Cn1c(C(NS(=O)(=O)c2ccc(F)cc2F)c2ccccc2)nc2ccccc21. The Morgan fingerprint density at radius 2 is 1.66 bits per heavy atom. The number of rotatable bonds is 5. The third kappa shape index (κ3) is 3.64. The van der Waals surface area contributed by atoms with Gasteiger partial charge in [-0.2, -0.15) is 4.72 Å². The summed E-state index contributed by atoms with van der Waals surface area (Å²) in [5, 5.41) is 0. The van der Waals surface area contributed by atoms with Crippen molar-refractivity contribution in [3.8, 4) is 0 Å². The first-order valence-electron chi connectivity index (χ1n) is 8.80. The fourth-order valence-electron chi connectivity index (χ4n) is 3.25. The third-order valence-electron chi connectivity index (χ3n) is 4.67. The summed E-state index contributed by atoms with van der Waals surface area (Å²) in [6.45, 7) is 0. The van der Waals surface area contributed by atoms with Crippen LogP contribution in [-0.4, -0.2) is 18.0 Å². The molecule has 0 aliphatic rings. The van der Waals surface area contributed by atoms with Gasteiger partial charge in [0.1, 0.15) is 28.4 Å². The number of hydrogen-bond donors (Lipinski definition) is 1. The van der Waals surface area contributed by atoms with Gasteiger partial charge in [-0.3, -0.25) is 0 Å². The first-order chi connectivity index (χ1) is 13.9. The zero-order chi connectivity index (χ0) is 20.6. The van der Waals surface area contributed by atoms with Crippen LogP contribution in [0.3, 0.4) is 0 Å². The lowest BCUT2D eigenvalue weighted by atomic mass is 10.1. The van der Waals surface area contributed by atoms with Crippen LogP contribution in [0.25, 0.3) is 11.0 Å². The topological polar surface area (TPSA) is 64.0 Å². The van der Waals surface area contributed by atoms with E-state index in [1.165, 1.54) is 0 Å². The third-order valence-corrected chi connectivity index (χ3v) is 6.13. The Bertz CT molecular complexity index is 1290. The van der Waals surface area contributed by atoms with Gasteiger partial charge in [0.2, 0.25) is 10.0 Å². The van der Waals surface area contributed by atoms with Crippen molar-refractivity contribution < 1.29 is 17.2 Å². The Labute approximate surface area is 166 Å². The average molecular weight is 413 g/mol. The van der Waals surface area contributed by atoms with Crippen molar-refractivity contribution in [2.75, 3.05) is 0 Å². The van der Waals surface area contributed by atoms with Crippen molar-refractivity contribution in [3.05, 3.63) is 95.8 Å². The Hall–Kier alpha value is -3.10. The molecule has 4 aromatic rings. The van der Waals surface area contributed by atoms with Crippen LogP contribution in [0.2, 0.25) is 0 Å². The van der Waals surface area contributed by atoms with Gasteiger partial charge < -0.3 is 4.57 Å². The number of nitrogens with zero attached hydrogens (tertiary/aromatic N) is 2. The number of nitrogens with one attached hydrogen (secondary N) is 1. The molecule has 0 aliphatic carbocycles. The predicted molar refractivity (Wildman–Crippen MR) is 106 cm³/mol. The highest BCUT2D eigenvalue weighted by Gasteiger charge is 2.28. The van der Waals surface area contributed by atoms with Crippen molar-refractivity contribution in [2.45, 2.75) is 10.9 Å². The van der Waals surface area contributed by atoms with E-state index in [9.17, 15) is 17.2 Å². The quantitative estimate of drug-likeness (QED) is 0.539. The smallest absolute Gasteiger partial charge is 0.244 e. The molecule has 0 spiro atoms. The lowest BCUT2D eigenvalue weighted by Gasteiger charge is -2.19. The van der Waals surface area contributed by atoms with Crippen LogP contribution in [0, 0.1) is 11.6 Å². The number of halogens is 2. The molecule has 8 heteroatoms. The molecule has 0 radical (unpaired) electrons. The maximum atomic E-state index is 14.2. The van der Waals surface area contributed by atoms with Gasteiger partial charge in [-0.1, -0.05) is 42.5 Å². The molecule has 0 aliphatic heterocycles. The summed E-state index contributed by atoms with van der Waals surface area (Å²) in [6.07, 6.45) is 0. The van der Waals surface area contributed by atoms with E-state index in [1.54, 1.807) is 35.9 Å². The number of aryl methyl sites for hydroxylation is 1. The van der Waals surface area contributed by atoms with Gasteiger partial charge in [-0.15, -0.1) is 0 Å². The predicted octanol–water partition coefficient (Wildman–Crippen LogP) is 3.92. The summed E-state index contributed by atoms with van der Waals surface area (Å²) >= 11 is 0. The van der Waals surface area contributed by atoms with Crippen LogP contribution in [0.15, 0.2) is 77.7 Å². The normalized spacial score (nSPS) is 12.9. The minimum atomic E-state index is -4.30. The number of imidazole rings is 1. The first-order valence-corrected chi connectivity index (χ1v) is 10.3. The van der Waals surface area contributed by atoms with Crippen molar-refractivity contribution in [1.29, 1.82) is 0 Å². The van der Waals surface area contributed by atoms with E-state index in [0.717, 1.165) is 17.6 Å². The van der Waals surface area contributed by atoms with Crippen LogP contribution >= 0.6 is 0 Å². The van der Waals surface area contributed by atoms with E-state index in [0.29, 0.717) is 23.0 Å². The van der Waals surface area contributed by atoms with Crippen LogP contribution in [0.4, 0.5) is 8.78 Å². The number of fused-ring (bicyclic) bond motifs is 1. The van der Waals surface area contributed by atoms with Crippen LogP contribution in [0.5, 0.6) is 0 Å². The molecule has 1 unspecified atom stereocenters. The summed E-state index contributed by atoms with van der Waals surface area (Å²) in [6, 6.07) is 17.8. The largest absolute Gasteiger partial charge is 0.329 e. The average Bonchev–Trinajstić information content (AvgIpc) is 3.03. The Morgan fingerprint density at radius 1 is 0.966 bits per heavy atom. The molecule has 3 aromatic carbocycles. The van der Waals surface area contributed by atoms with Crippen molar-refractivity contribution in [2.24, 2.45) is 7.05 Å². The van der Waals surface area contributed by atoms with Crippen molar-refractivity contribution >= 4 is 21.1 Å². The molecular formula is C21H17F2N3O2S. The second-order valence-electron chi connectivity index (χ2n) is 6.56. The molecule has 4 rings (SSSR count). The summed E-state index contributed by atoms with van der Waals surface area (Å²) in [7, 11) is -2.52. The second-order valence-corrected chi connectivity index (χ2v) is 8.24. The number of benzene rings is 3. The Morgan fingerprint density at radius 3 is 2.34 bits per heavy atom. The van der Waals surface area contributed by atoms with Gasteiger partial charge in [-0.25, -0.2) is 22.2 Å². The molecular weight excluding hydrogens is 396 g/mol. The highest BCUT2D eigenvalue weighted by atomic mass is 32.2. The molecule has 29 heavy (non-hydrogen) atoms. The molecule has 0 fully saturated rings. The maximum absolute atomic E-state index is 14.2. The second kappa shape index (κ2) is 7.38.